The highest BCUT2D eigenvalue weighted by atomic mass is 35.5. The molecule has 2 aromatic carbocycles. The fraction of sp³-hybridized carbons (Fsp3) is 0.211. The largest absolute Gasteiger partial charge is 0.326 e. The highest BCUT2D eigenvalue weighted by molar-refractivity contribution is 6.52. The predicted molar refractivity (Wildman–Crippen MR) is 107 cm³/mol. The molecule has 0 aromatic heterocycles. The van der Waals surface area contributed by atoms with Crippen LogP contribution in [0.25, 0.3) is 0 Å². The van der Waals surface area contributed by atoms with Crippen molar-refractivity contribution in [3.8, 4) is 0 Å². The summed E-state index contributed by atoms with van der Waals surface area (Å²) in [4.78, 5) is 35.5. The first-order valence-electron chi connectivity index (χ1n) is 8.77. The lowest BCUT2D eigenvalue weighted by Gasteiger charge is -2.13. The minimum Gasteiger partial charge on any atom is -0.326 e. The third kappa shape index (κ3) is 5.10. The molecule has 32 heavy (non-hydrogen) atoms. The second kappa shape index (κ2) is 8.91. The quantitative estimate of drug-likeness (QED) is 0.401. The minimum absolute atomic E-state index is 0.0158. The van der Waals surface area contributed by atoms with Crippen molar-refractivity contribution in [2.45, 2.75) is 17.2 Å². The summed E-state index contributed by atoms with van der Waals surface area (Å²) in [5, 5.41) is 5.72. The first-order valence-corrected chi connectivity index (χ1v) is 9.53. The highest BCUT2D eigenvalue weighted by Crippen LogP contribution is 2.53. The molecule has 13 heteroatoms. The second-order valence-corrected chi connectivity index (χ2v) is 8.27. The van der Waals surface area contributed by atoms with Crippen molar-refractivity contribution in [2.75, 3.05) is 16.0 Å². The molecule has 0 saturated heterocycles. The molecule has 2 aromatic rings. The molecule has 1 atom stereocenters. The Bertz CT molecular complexity index is 1110. The van der Waals surface area contributed by atoms with Crippen LogP contribution in [-0.4, -0.2) is 28.5 Å². The highest BCUT2D eigenvalue weighted by Gasteiger charge is 2.56. The molecule has 0 aliphatic heterocycles. The maximum Gasteiger partial charge on any atom is 0.315 e. The Kier molecular flexibility index (Phi) is 6.61. The van der Waals surface area contributed by atoms with E-state index < -0.39 is 68.8 Å². The van der Waals surface area contributed by atoms with Crippen LogP contribution in [0.5, 0.6) is 0 Å². The number of rotatable bonds is 6. The van der Waals surface area contributed by atoms with Crippen LogP contribution in [0.2, 0.25) is 0 Å². The summed E-state index contributed by atoms with van der Waals surface area (Å²) >= 11 is 11.6. The average Bonchev–Trinajstić information content (AvgIpc) is 3.36. The first-order chi connectivity index (χ1) is 14.9. The number of alkyl halides is 4. The summed E-state index contributed by atoms with van der Waals surface area (Å²) in [6.07, 6.45) is -3.33. The third-order valence-corrected chi connectivity index (χ3v) is 5.24. The summed E-state index contributed by atoms with van der Waals surface area (Å²) in [6.45, 7) is 0. The fourth-order valence-corrected chi connectivity index (χ4v) is 3.14. The van der Waals surface area contributed by atoms with Crippen molar-refractivity contribution >= 4 is 58.0 Å². The van der Waals surface area contributed by atoms with Gasteiger partial charge in [0.05, 0.1) is 17.2 Å². The van der Waals surface area contributed by atoms with Gasteiger partial charge in [-0.15, -0.1) is 23.2 Å². The molecule has 0 bridgehead atoms. The van der Waals surface area contributed by atoms with Gasteiger partial charge in [-0.1, -0.05) is 0 Å². The Hall–Kier alpha value is -2.92. The van der Waals surface area contributed by atoms with Gasteiger partial charge in [-0.2, -0.15) is 8.78 Å². The van der Waals surface area contributed by atoms with E-state index in [0.717, 1.165) is 24.3 Å². The molecule has 0 spiro atoms. The number of hydrogen-bond donors (Lipinski definition) is 3. The van der Waals surface area contributed by atoms with Crippen LogP contribution in [0.1, 0.15) is 16.8 Å². The van der Waals surface area contributed by atoms with Crippen molar-refractivity contribution in [1.82, 2.24) is 0 Å². The lowest BCUT2D eigenvalue weighted by molar-refractivity contribution is -0.126. The van der Waals surface area contributed by atoms with Gasteiger partial charge in [0, 0.05) is 5.69 Å². The van der Waals surface area contributed by atoms with Crippen LogP contribution in [0, 0.1) is 23.4 Å². The Balaban J connectivity index is 1.80. The molecular weight excluding hydrogens is 484 g/mol. The van der Waals surface area contributed by atoms with Crippen molar-refractivity contribution in [1.29, 1.82) is 0 Å². The van der Waals surface area contributed by atoms with Gasteiger partial charge in [0.1, 0.15) is 21.7 Å². The van der Waals surface area contributed by atoms with Gasteiger partial charge in [0.25, 0.3) is 11.8 Å². The number of hydrogen-bond acceptors (Lipinski definition) is 3. The van der Waals surface area contributed by atoms with E-state index in [1.165, 1.54) is 5.32 Å². The minimum atomic E-state index is -3.54. The van der Waals surface area contributed by atoms with Crippen molar-refractivity contribution in [2.24, 2.45) is 5.92 Å². The number of amides is 3. The number of anilines is 3. The van der Waals surface area contributed by atoms with Crippen molar-refractivity contribution in [3.05, 3.63) is 53.3 Å². The molecule has 6 nitrogen and oxygen atoms in total. The molecular formula is C19H12Cl2F5N3O3. The standard InChI is InChI=1S/C19H12Cl2F5N3O3/c20-19(21)6-9(19)17(31)27-7-1-2-10(22)8(5-7)16(30)28-12-4-3-11(23)14(13(12)24)29-18(32)15(25)26/h1-5,9,15H,6H2,(H,27,31)(H,28,30)(H,29,32). The van der Waals surface area contributed by atoms with Crippen LogP contribution in [-0.2, 0) is 9.59 Å². The zero-order chi connectivity index (χ0) is 23.8. The van der Waals surface area contributed by atoms with E-state index in [9.17, 15) is 36.3 Å². The van der Waals surface area contributed by atoms with Crippen LogP contribution < -0.4 is 16.0 Å². The van der Waals surface area contributed by atoms with Gasteiger partial charge in [-0.25, -0.2) is 13.2 Å². The molecule has 3 rings (SSSR count). The van der Waals surface area contributed by atoms with Crippen molar-refractivity contribution < 1.29 is 36.3 Å². The van der Waals surface area contributed by atoms with E-state index in [2.05, 4.69) is 5.32 Å². The molecule has 1 aliphatic carbocycles. The number of benzene rings is 2. The van der Waals surface area contributed by atoms with Gasteiger partial charge in [0.2, 0.25) is 5.91 Å². The van der Waals surface area contributed by atoms with E-state index in [1.807, 2.05) is 5.32 Å². The first kappa shape index (κ1) is 23.7. The Morgan fingerprint density at radius 2 is 1.59 bits per heavy atom. The molecule has 1 aliphatic rings. The Labute approximate surface area is 187 Å². The summed E-state index contributed by atoms with van der Waals surface area (Å²) in [5.74, 6) is -8.39. The lowest BCUT2D eigenvalue weighted by atomic mass is 10.1. The third-order valence-electron chi connectivity index (χ3n) is 4.41. The molecule has 1 saturated carbocycles. The SMILES string of the molecule is O=C(Nc1ccc(F)c(NC(=O)C(F)F)c1F)c1cc(NC(=O)C2CC2(Cl)Cl)ccc1F. The number of halogens is 7. The molecule has 170 valence electrons. The normalized spacial score (nSPS) is 16.4. The molecule has 1 unspecified atom stereocenters. The Morgan fingerprint density at radius 3 is 2.19 bits per heavy atom. The zero-order valence-electron chi connectivity index (χ0n) is 15.6. The van der Waals surface area contributed by atoms with Gasteiger partial charge in [-0.05, 0) is 36.8 Å². The van der Waals surface area contributed by atoms with Crippen LogP contribution in [0.3, 0.4) is 0 Å². The van der Waals surface area contributed by atoms with Crippen LogP contribution >= 0.6 is 23.2 Å². The lowest BCUT2D eigenvalue weighted by Crippen LogP contribution is -2.22. The molecule has 3 amide bonds. The summed E-state index contributed by atoms with van der Waals surface area (Å²) in [5.41, 5.74) is -2.54. The smallest absolute Gasteiger partial charge is 0.315 e. The van der Waals surface area contributed by atoms with Crippen LogP contribution in [0.4, 0.5) is 39.0 Å². The molecule has 0 heterocycles. The van der Waals surface area contributed by atoms with E-state index in [4.69, 9.17) is 23.2 Å². The molecule has 1 fully saturated rings. The van der Waals surface area contributed by atoms with Gasteiger partial charge < -0.3 is 16.0 Å². The van der Waals surface area contributed by atoms with Gasteiger partial charge >= 0.3 is 6.43 Å². The zero-order valence-corrected chi connectivity index (χ0v) is 17.1. The topological polar surface area (TPSA) is 87.3 Å². The summed E-state index contributed by atoms with van der Waals surface area (Å²) < 4.78 is 65.9. The van der Waals surface area contributed by atoms with E-state index in [0.29, 0.717) is 6.07 Å². The van der Waals surface area contributed by atoms with Gasteiger partial charge in [-0.3, -0.25) is 14.4 Å². The summed E-state index contributed by atoms with van der Waals surface area (Å²) in [7, 11) is 0. The second-order valence-electron chi connectivity index (χ2n) is 6.73. The number of nitrogens with one attached hydrogen (secondary N) is 3. The van der Waals surface area contributed by atoms with Crippen LogP contribution in [0.15, 0.2) is 30.3 Å². The summed E-state index contributed by atoms with van der Waals surface area (Å²) in [6, 6.07) is 4.33. The monoisotopic (exact) mass is 495 g/mol. The Morgan fingerprint density at radius 1 is 0.969 bits per heavy atom. The predicted octanol–water partition coefficient (Wildman–Crippen LogP) is 4.69. The maximum absolute atomic E-state index is 14.5. The average molecular weight is 496 g/mol. The molecule has 3 N–H and O–H groups in total. The van der Waals surface area contributed by atoms with E-state index >= 15 is 0 Å². The van der Waals surface area contributed by atoms with E-state index in [1.54, 1.807) is 0 Å². The van der Waals surface area contributed by atoms with E-state index in [-0.39, 0.29) is 12.1 Å². The number of carbonyl (C=O) groups is 3. The van der Waals surface area contributed by atoms with Crippen molar-refractivity contribution in [3.63, 3.8) is 0 Å². The fourth-order valence-electron chi connectivity index (χ4n) is 2.64. The maximum atomic E-state index is 14.5. The molecule has 0 radical (unpaired) electrons. The number of carbonyl (C=O) groups excluding carboxylic acids is 3. The van der Waals surface area contributed by atoms with Gasteiger partial charge in [0.15, 0.2) is 5.82 Å².